The van der Waals surface area contributed by atoms with E-state index in [0.717, 1.165) is 31.5 Å². The van der Waals surface area contributed by atoms with Crippen LogP contribution in [-0.4, -0.2) is 16.5 Å². The van der Waals surface area contributed by atoms with Crippen molar-refractivity contribution in [2.75, 3.05) is 11.4 Å². The number of rotatable bonds is 3. The van der Waals surface area contributed by atoms with E-state index in [2.05, 4.69) is 22.9 Å². The second-order valence-corrected chi connectivity index (χ2v) is 3.99. The molecule has 1 aromatic heterocycles. The topological polar surface area (TPSA) is 59.3 Å². The first kappa shape index (κ1) is 11.6. The Morgan fingerprint density at radius 3 is 3.00 bits per heavy atom. The number of aromatic nitrogens is 1. The lowest BCUT2D eigenvalue weighted by atomic mass is 10.2. The summed E-state index contributed by atoms with van der Waals surface area (Å²) in [4.78, 5) is 16.1. The molecule has 0 radical (unpaired) electrons. The Kier molecular flexibility index (Phi) is 3.37. The number of hydrogen-bond acceptors (Lipinski definition) is 4. The highest BCUT2D eigenvalue weighted by Gasteiger charge is 2.19. The maximum Gasteiger partial charge on any atom is 0.363 e. The first-order chi connectivity index (χ1) is 8.22. The fourth-order valence-corrected chi connectivity index (χ4v) is 2.09. The number of pyridine rings is 1. The van der Waals surface area contributed by atoms with Crippen LogP contribution in [0.3, 0.4) is 0 Å². The molecule has 0 bridgehead atoms. The van der Waals surface area contributed by atoms with Crippen LogP contribution >= 0.6 is 0 Å². The van der Waals surface area contributed by atoms with E-state index in [0.29, 0.717) is 0 Å². The summed E-state index contributed by atoms with van der Waals surface area (Å²) in [5.74, 6) is -0.103. The highest BCUT2D eigenvalue weighted by atomic mass is 16.6. The molecule has 1 saturated heterocycles. The first-order valence-corrected chi connectivity index (χ1v) is 5.79. The number of nitrogens with zero attached hydrogens (tertiary/aromatic N) is 3. The lowest BCUT2D eigenvalue weighted by molar-refractivity contribution is -0.389. The van der Waals surface area contributed by atoms with Crippen LogP contribution in [0.25, 0.3) is 0 Å². The SMILES string of the molecule is CC/C=C1/CCCN1c1ccc([N+](=O)[O-])nc1. The second kappa shape index (κ2) is 4.95. The predicted octanol–water partition coefficient (Wildman–Crippen LogP) is 2.88. The van der Waals surface area contributed by atoms with Gasteiger partial charge in [-0.15, -0.1) is 0 Å². The number of allylic oxidation sites excluding steroid dienone is 2. The van der Waals surface area contributed by atoms with Gasteiger partial charge in [-0.3, -0.25) is 0 Å². The highest BCUT2D eigenvalue weighted by Crippen LogP contribution is 2.28. The third-order valence-electron chi connectivity index (χ3n) is 2.83. The van der Waals surface area contributed by atoms with Gasteiger partial charge < -0.3 is 15.0 Å². The molecule has 1 aliphatic rings. The predicted molar refractivity (Wildman–Crippen MR) is 65.8 cm³/mol. The van der Waals surface area contributed by atoms with Crippen molar-refractivity contribution < 1.29 is 4.92 Å². The van der Waals surface area contributed by atoms with E-state index in [1.54, 1.807) is 12.3 Å². The Morgan fingerprint density at radius 1 is 1.59 bits per heavy atom. The Bertz CT molecular complexity index is 440. The molecule has 1 aromatic rings. The third-order valence-corrected chi connectivity index (χ3v) is 2.83. The van der Waals surface area contributed by atoms with Gasteiger partial charge in [0.25, 0.3) is 0 Å². The smallest absolute Gasteiger partial charge is 0.358 e. The van der Waals surface area contributed by atoms with E-state index in [1.807, 2.05) is 0 Å². The number of hydrogen-bond donors (Lipinski definition) is 0. The van der Waals surface area contributed by atoms with Gasteiger partial charge >= 0.3 is 5.82 Å². The quantitative estimate of drug-likeness (QED) is 0.595. The first-order valence-electron chi connectivity index (χ1n) is 5.79. The van der Waals surface area contributed by atoms with Crippen LogP contribution in [0.4, 0.5) is 11.5 Å². The minimum absolute atomic E-state index is 0.103. The largest absolute Gasteiger partial charge is 0.363 e. The monoisotopic (exact) mass is 233 g/mol. The maximum atomic E-state index is 10.5. The van der Waals surface area contributed by atoms with E-state index in [4.69, 9.17) is 0 Å². The molecule has 0 aliphatic carbocycles. The molecule has 0 saturated carbocycles. The van der Waals surface area contributed by atoms with Crippen molar-refractivity contribution in [3.63, 3.8) is 0 Å². The highest BCUT2D eigenvalue weighted by molar-refractivity contribution is 5.53. The fourth-order valence-electron chi connectivity index (χ4n) is 2.09. The van der Waals surface area contributed by atoms with Gasteiger partial charge in [0, 0.05) is 18.3 Å². The normalized spacial score (nSPS) is 17.7. The molecule has 2 heterocycles. The van der Waals surface area contributed by atoms with Crippen LogP contribution in [0.1, 0.15) is 26.2 Å². The van der Waals surface area contributed by atoms with Gasteiger partial charge in [0.05, 0.1) is 5.69 Å². The van der Waals surface area contributed by atoms with E-state index in [9.17, 15) is 10.1 Å². The van der Waals surface area contributed by atoms with Crippen molar-refractivity contribution in [2.45, 2.75) is 26.2 Å². The van der Waals surface area contributed by atoms with Gasteiger partial charge in [-0.05, 0) is 35.2 Å². The standard InChI is InChI=1S/C12H15N3O2/c1-2-4-10-5-3-8-14(10)11-6-7-12(13-9-11)15(16)17/h4,6-7,9H,2-3,5,8H2,1H3/b10-4-. The zero-order valence-electron chi connectivity index (χ0n) is 9.80. The molecular formula is C12H15N3O2. The minimum atomic E-state index is -0.476. The molecule has 0 atom stereocenters. The van der Waals surface area contributed by atoms with Crippen molar-refractivity contribution in [3.05, 3.63) is 40.2 Å². The van der Waals surface area contributed by atoms with Crippen molar-refractivity contribution in [2.24, 2.45) is 0 Å². The van der Waals surface area contributed by atoms with Gasteiger partial charge in [0.1, 0.15) is 0 Å². The lowest BCUT2D eigenvalue weighted by Crippen LogP contribution is -2.16. The average Bonchev–Trinajstić information content (AvgIpc) is 2.78. The molecule has 5 heteroatoms. The summed E-state index contributed by atoms with van der Waals surface area (Å²) in [5, 5.41) is 10.5. The van der Waals surface area contributed by atoms with Gasteiger partial charge in [0.2, 0.25) is 0 Å². The molecule has 90 valence electrons. The van der Waals surface area contributed by atoms with E-state index in [1.165, 1.54) is 11.8 Å². The average molecular weight is 233 g/mol. The maximum absolute atomic E-state index is 10.5. The molecule has 2 rings (SSSR count). The van der Waals surface area contributed by atoms with Crippen LogP contribution in [0.15, 0.2) is 30.1 Å². The molecule has 0 amide bonds. The molecule has 0 spiro atoms. The van der Waals surface area contributed by atoms with Crippen LogP contribution in [0.5, 0.6) is 0 Å². The van der Waals surface area contributed by atoms with Gasteiger partial charge in [-0.1, -0.05) is 13.0 Å². The molecule has 0 unspecified atom stereocenters. The van der Waals surface area contributed by atoms with Crippen LogP contribution in [0.2, 0.25) is 0 Å². The van der Waals surface area contributed by atoms with Crippen molar-refractivity contribution in [3.8, 4) is 0 Å². The Labute approximate surface area is 99.9 Å². The van der Waals surface area contributed by atoms with Crippen LogP contribution in [0, 0.1) is 10.1 Å². The van der Waals surface area contributed by atoms with Crippen molar-refractivity contribution in [1.29, 1.82) is 0 Å². The van der Waals surface area contributed by atoms with Gasteiger partial charge in [-0.2, -0.15) is 0 Å². The zero-order valence-corrected chi connectivity index (χ0v) is 9.80. The molecule has 1 fully saturated rings. The third kappa shape index (κ3) is 2.43. The van der Waals surface area contributed by atoms with Crippen LogP contribution in [-0.2, 0) is 0 Å². The summed E-state index contributed by atoms with van der Waals surface area (Å²) in [5.41, 5.74) is 2.23. The molecule has 0 aromatic carbocycles. The lowest BCUT2D eigenvalue weighted by Gasteiger charge is -2.18. The van der Waals surface area contributed by atoms with Crippen LogP contribution < -0.4 is 4.90 Å². The van der Waals surface area contributed by atoms with Gasteiger partial charge in [0.15, 0.2) is 6.20 Å². The zero-order chi connectivity index (χ0) is 12.3. The molecule has 0 N–H and O–H groups in total. The summed E-state index contributed by atoms with van der Waals surface area (Å²) < 4.78 is 0. The summed E-state index contributed by atoms with van der Waals surface area (Å²) >= 11 is 0. The minimum Gasteiger partial charge on any atom is -0.358 e. The number of nitro groups is 1. The van der Waals surface area contributed by atoms with Gasteiger partial charge in [-0.25, -0.2) is 0 Å². The van der Waals surface area contributed by atoms with E-state index >= 15 is 0 Å². The summed E-state index contributed by atoms with van der Waals surface area (Å²) in [6.45, 7) is 3.07. The molecule has 1 aliphatic heterocycles. The number of anilines is 1. The Hall–Kier alpha value is -1.91. The Balaban J connectivity index is 2.22. The Morgan fingerprint density at radius 2 is 2.41 bits per heavy atom. The second-order valence-electron chi connectivity index (χ2n) is 3.99. The summed E-state index contributed by atoms with van der Waals surface area (Å²) in [6, 6.07) is 3.22. The molecular weight excluding hydrogens is 218 g/mol. The van der Waals surface area contributed by atoms with Crippen molar-refractivity contribution in [1.82, 2.24) is 4.98 Å². The summed E-state index contributed by atoms with van der Waals surface area (Å²) in [6.07, 6.45) is 6.99. The van der Waals surface area contributed by atoms with E-state index in [-0.39, 0.29) is 5.82 Å². The van der Waals surface area contributed by atoms with E-state index < -0.39 is 4.92 Å². The molecule has 5 nitrogen and oxygen atoms in total. The molecule has 17 heavy (non-hydrogen) atoms. The van der Waals surface area contributed by atoms with Crippen molar-refractivity contribution >= 4 is 11.5 Å². The fraction of sp³-hybridized carbons (Fsp3) is 0.417. The summed E-state index contributed by atoms with van der Waals surface area (Å²) in [7, 11) is 0.